The van der Waals surface area contributed by atoms with Crippen molar-refractivity contribution < 1.29 is 14.7 Å². The largest absolute Gasteiger partial charge is 0.481 e. The van der Waals surface area contributed by atoms with Crippen LogP contribution in [0.15, 0.2) is 41.3 Å². The summed E-state index contributed by atoms with van der Waals surface area (Å²) in [7, 11) is 0. The van der Waals surface area contributed by atoms with Gasteiger partial charge in [-0.1, -0.05) is 48.6 Å². The highest BCUT2D eigenvalue weighted by Gasteiger charge is 2.31. The first-order valence-corrected chi connectivity index (χ1v) is 10.8. The number of nitrogens with zero attached hydrogens (tertiary/aromatic N) is 2. The Morgan fingerprint density at radius 2 is 1.90 bits per heavy atom. The van der Waals surface area contributed by atoms with Crippen molar-refractivity contribution >= 4 is 46.3 Å². The number of unbranched alkanes of at least 4 members (excludes halogenated alkanes) is 2. The summed E-state index contributed by atoms with van der Waals surface area (Å²) in [4.78, 5) is 25.7. The number of carboxylic acids is 1. The molecule has 0 saturated carbocycles. The van der Waals surface area contributed by atoms with E-state index in [9.17, 15) is 9.59 Å². The summed E-state index contributed by atoms with van der Waals surface area (Å²) >= 11 is 6.73. The minimum Gasteiger partial charge on any atom is -0.481 e. The zero-order valence-corrected chi connectivity index (χ0v) is 18.2. The van der Waals surface area contributed by atoms with Crippen LogP contribution in [0.5, 0.6) is 0 Å². The van der Waals surface area contributed by atoms with E-state index < -0.39 is 5.97 Å². The highest BCUT2D eigenvalue weighted by Crippen LogP contribution is 2.34. The highest BCUT2D eigenvalue weighted by molar-refractivity contribution is 8.26. The molecule has 0 bridgehead atoms. The molecule has 152 valence electrons. The molecule has 7 heteroatoms. The van der Waals surface area contributed by atoms with E-state index in [4.69, 9.17) is 17.3 Å². The van der Waals surface area contributed by atoms with Gasteiger partial charge in [-0.3, -0.25) is 14.5 Å². The highest BCUT2D eigenvalue weighted by atomic mass is 32.2. The fourth-order valence-corrected chi connectivity index (χ4v) is 4.76. The monoisotopic (exact) mass is 428 g/mol. The molecule has 0 atom stereocenters. The normalized spacial score (nSPS) is 15.5. The van der Waals surface area contributed by atoms with Crippen molar-refractivity contribution in [2.75, 3.05) is 6.54 Å². The van der Waals surface area contributed by atoms with Crippen molar-refractivity contribution in [2.45, 2.75) is 39.5 Å². The van der Waals surface area contributed by atoms with Crippen molar-refractivity contribution in [3.05, 3.63) is 58.3 Å². The number of para-hydroxylation sites is 1. The molecule has 1 amide bonds. The van der Waals surface area contributed by atoms with Crippen LogP contribution in [0.2, 0.25) is 0 Å². The second-order valence-corrected chi connectivity index (χ2v) is 8.71. The zero-order chi connectivity index (χ0) is 21.0. The third-order valence-corrected chi connectivity index (χ3v) is 6.30. The average Bonchev–Trinajstić information content (AvgIpc) is 3.11. The summed E-state index contributed by atoms with van der Waals surface area (Å²) in [6.07, 6.45) is 4.21. The summed E-state index contributed by atoms with van der Waals surface area (Å²) in [6, 6.07) is 12.2. The maximum Gasteiger partial charge on any atom is 0.303 e. The first kappa shape index (κ1) is 21.3. The van der Waals surface area contributed by atoms with Gasteiger partial charge in [0.2, 0.25) is 0 Å². The number of aliphatic carboxylic acids is 1. The van der Waals surface area contributed by atoms with E-state index in [1.807, 2.05) is 24.3 Å². The summed E-state index contributed by atoms with van der Waals surface area (Å²) in [6.45, 7) is 4.64. The maximum atomic E-state index is 12.8. The number of thiocarbonyl (C=S) groups is 1. The number of carbonyl (C=O) groups is 2. The standard InChI is InChI=1S/C22H24N2O3S2/c1-15-13-17(16(2)24(15)18-9-5-3-6-10-18)14-19-21(27)23(22(28)29-19)12-8-4-7-11-20(25)26/h3,5-6,9-10,13-14H,4,7-8,11-12H2,1-2H3,(H,25,26). The van der Waals surface area contributed by atoms with Gasteiger partial charge in [0.1, 0.15) is 4.32 Å². The van der Waals surface area contributed by atoms with E-state index in [2.05, 4.69) is 36.6 Å². The number of aromatic nitrogens is 1. The lowest BCUT2D eigenvalue weighted by atomic mass is 10.2. The van der Waals surface area contributed by atoms with Gasteiger partial charge in [-0.15, -0.1) is 0 Å². The Labute approximate surface area is 180 Å². The first-order chi connectivity index (χ1) is 13.9. The zero-order valence-electron chi connectivity index (χ0n) is 16.6. The fraction of sp³-hybridized carbons (Fsp3) is 0.318. The molecule has 3 rings (SSSR count). The SMILES string of the molecule is Cc1cc(C=C2SC(=S)N(CCCCCC(=O)O)C2=O)c(C)n1-c1ccccc1. The number of rotatable bonds is 8. The lowest BCUT2D eigenvalue weighted by Crippen LogP contribution is -2.29. The topological polar surface area (TPSA) is 62.5 Å². The van der Waals surface area contributed by atoms with Gasteiger partial charge in [0.15, 0.2) is 0 Å². The third-order valence-electron chi connectivity index (χ3n) is 4.92. The van der Waals surface area contributed by atoms with E-state index in [0.29, 0.717) is 22.2 Å². The Morgan fingerprint density at radius 1 is 1.17 bits per heavy atom. The Morgan fingerprint density at radius 3 is 2.59 bits per heavy atom. The van der Waals surface area contributed by atoms with E-state index in [1.54, 1.807) is 4.90 Å². The molecule has 1 saturated heterocycles. The summed E-state index contributed by atoms with van der Waals surface area (Å²) in [5, 5.41) is 8.70. The Kier molecular flexibility index (Phi) is 6.92. The summed E-state index contributed by atoms with van der Waals surface area (Å²) < 4.78 is 2.74. The summed E-state index contributed by atoms with van der Waals surface area (Å²) in [5.41, 5.74) is 4.28. The molecular formula is C22H24N2O3S2. The molecule has 0 spiro atoms. The van der Waals surface area contributed by atoms with Crippen LogP contribution >= 0.6 is 24.0 Å². The van der Waals surface area contributed by atoms with Gasteiger partial charge in [-0.05, 0) is 56.5 Å². The molecule has 0 unspecified atom stereocenters. The average molecular weight is 429 g/mol. The number of hydrogen-bond acceptors (Lipinski definition) is 4. The molecule has 1 fully saturated rings. The van der Waals surface area contributed by atoms with Crippen LogP contribution in [0, 0.1) is 13.8 Å². The maximum absolute atomic E-state index is 12.8. The lowest BCUT2D eigenvalue weighted by molar-refractivity contribution is -0.137. The molecule has 1 aliphatic rings. The smallest absolute Gasteiger partial charge is 0.303 e. The Hall–Kier alpha value is -2.38. The van der Waals surface area contributed by atoms with Gasteiger partial charge in [-0.2, -0.15) is 0 Å². The molecule has 2 aromatic rings. The summed E-state index contributed by atoms with van der Waals surface area (Å²) in [5.74, 6) is -0.852. The van der Waals surface area contributed by atoms with Crippen molar-refractivity contribution in [1.29, 1.82) is 0 Å². The van der Waals surface area contributed by atoms with Crippen LogP contribution in [-0.2, 0) is 9.59 Å². The van der Waals surface area contributed by atoms with Crippen molar-refractivity contribution in [1.82, 2.24) is 9.47 Å². The van der Waals surface area contributed by atoms with E-state index in [-0.39, 0.29) is 12.3 Å². The number of carbonyl (C=O) groups excluding carboxylic acids is 1. The second-order valence-electron chi connectivity index (χ2n) is 7.04. The van der Waals surface area contributed by atoms with Crippen LogP contribution in [-0.4, -0.2) is 37.3 Å². The van der Waals surface area contributed by atoms with Gasteiger partial charge in [0.25, 0.3) is 5.91 Å². The first-order valence-electron chi connectivity index (χ1n) is 9.60. The molecule has 5 nitrogen and oxygen atoms in total. The predicted molar refractivity (Wildman–Crippen MR) is 121 cm³/mol. The number of hydrogen-bond donors (Lipinski definition) is 1. The van der Waals surface area contributed by atoms with Crippen molar-refractivity contribution in [3.63, 3.8) is 0 Å². The molecular weight excluding hydrogens is 404 g/mol. The Bertz CT molecular complexity index is 964. The van der Waals surface area contributed by atoms with E-state index >= 15 is 0 Å². The molecule has 1 N–H and O–H groups in total. The molecule has 0 aliphatic carbocycles. The van der Waals surface area contributed by atoms with Crippen molar-refractivity contribution in [2.24, 2.45) is 0 Å². The molecule has 1 aliphatic heterocycles. The van der Waals surface area contributed by atoms with Crippen LogP contribution in [0.1, 0.15) is 42.6 Å². The minimum absolute atomic E-state index is 0.0669. The number of amides is 1. The van der Waals surface area contributed by atoms with Crippen molar-refractivity contribution in [3.8, 4) is 5.69 Å². The van der Waals surface area contributed by atoms with Gasteiger partial charge in [-0.25, -0.2) is 0 Å². The number of aryl methyl sites for hydroxylation is 1. The molecule has 2 heterocycles. The van der Waals surface area contributed by atoms with E-state index in [1.165, 1.54) is 11.8 Å². The van der Waals surface area contributed by atoms with Gasteiger partial charge < -0.3 is 9.67 Å². The van der Waals surface area contributed by atoms with Gasteiger partial charge in [0.05, 0.1) is 4.91 Å². The van der Waals surface area contributed by atoms with Crippen LogP contribution in [0.25, 0.3) is 11.8 Å². The predicted octanol–water partition coefficient (Wildman–Crippen LogP) is 4.94. The van der Waals surface area contributed by atoms with Crippen LogP contribution in [0.3, 0.4) is 0 Å². The molecule has 1 aromatic carbocycles. The lowest BCUT2D eigenvalue weighted by Gasteiger charge is -2.13. The third kappa shape index (κ3) is 4.97. The number of benzene rings is 1. The molecule has 0 radical (unpaired) electrons. The fourth-order valence-electron chi connectivity index (χ4n) is 3.47. The Balaban J connectivity index is 1.72. The quantitative estimate of drug-likeness (QED) is 0.367. The van der Waals surface area contributed by atoms with Gasteiger partial charge in [0, 0.05) is 30.0 Å². The molecule has 29 heavy (non-hydrogen) atoms. The number of thioether (sulfide) groups is 1. The van der Waals surface area contributed by atoms with E-state index in [0.717, 1.165) is 35.5 Å². The second kappa shape index (κ2) is 9.41. The van der Waals surface area contributed by atoms with Gasteiger partial charge >= 0.3 is 5.97 Å². The van der Waals surface area contributed by atoms with Crippen LogP contribution < -0.4 is 0 Å². The molecule has 1 aromatic heterocycles. The minimum atomic E-state index is -0.786. The number of carboxylic acid groups (broad SMARTS) is 1. The van der Waals surface area contributed by atoms with Crippen LogP contribution in [0.4, 0.5) is 0 Å².